The second-order valence-corrected chi connectivity index (χ2v) is 9.68. The quantitative estimate of drug-likeness (QED) is 0.283. The van der Waals surface area contributed by atoms with Crippen molar-refractivity contribution in [1.29, 1.82) is 0 Å². The predicted molar refractivity (Wildman–Crippen MR) is 142 cm³/mol. The van der Waals surface area contributed by atoms with Crippen LogP contribution in [0.15, 0.2) is 66.7 Å². The van der Waals surface area contributed by atoms with E-state index in [0.717, 1.165) is 41.2 Å². The molecule has 3 N–H and O–H groups in total. The average Bonchev–Trinajstić information content (AvgIpc) is 2.91. The van der Waals surface area contributed by atoms with Crippen molar-refractivity contribution in [1.82, 2.24) is 5.32 Å². The van der Waals surface area contributed by atoms with Crippen LogP contribution in [0.25, 0.3) is 0 Å². The summed E-state index contributed by atoms with van der Waals surface area (Å²) in [5, 5.41) is 23.0. The summed E-state index contributed by atoms with van der Waals surface area (Å²) >= 11 is 0. The van der Waals surface area contributed by atoms with E-state index in [1.165, 1.54) is 5.56 Å². The molecule has 202 valence electrons. The van der Waals surface area contributed by atoms with Crippen LogP contribution >= 0.6 is 0 Å². The summed E-state index contributed by atoms with van der Waals surface area (Å²) in [4.78, 5) is 11.0. The Balaban J connectivity index is 1.11. The molecule has 38 heavy (non-hydrogen) atoms. The topological polar surface area (TPSA) is 106 Å². The summed E-state index contributed by atoms with van der Waals surface area (Å²) in [5.74, 6) is -0.0218. The molecule has 8 nitrogen and oxygen atoms in total. The molecule has 0 aliphatic carbocycles. The maximum atomic E-state index is 11.0. The van der Waals surface area contributed by atoms with E-state index in [0.29, 0.717) is 33.0 Å². The van der Waals surface area contributed by atoms with Crippen molar-refractivity contribution in [3.63, 3.8) is 0 Å². The molecule has 4 rings (SSSR count). The second-order valence-electron chi connectivity index (χ2n) is 9.68. The maximum absolute atomic E-state index is 11.0. The first kappa shape index (κ1) is 27.6. The van der Waals surface area contributed by atoms with Crippen molar-refractivity contribution in [2.45, 2.75) is 45.4 Å². The molecule has 0 aromatic heterocycles. The van der Waals surface area contributed by atoms with E-state index in [-0.39, 0.29) is 5.56 Å². The highest BCUT2D eigenvalue weighted by atomic mass is 16.7. The first-order chi connectivity index (χ1) is 18.3. The van der Waals surface area contributed by atoms with Crippen molar-refractivity contribution in [2.75, 3.05) is 26.3 Å². The fraction of sp³-hybridized carbons (Fsp3) is 0.367. The van der Waals surface area contributed by atoms with Crippen molar-refractivity contribution >= 4 is 5.97 Å². The van der Waals surface area contributed by atoms with Crippen LogP contribution < -0.4 is 14.8 Å². The first-order valence-corrected chi connectivity index (χ1v) is 12.8. The Labute approximate surface area is 223 Å². The SMILES string of the molecule is CC1(C)OCc2cc([C@@H](O)CNCCc3ccc(OCCOCc4cccc(C(=O)O)c4)cc3)ccc2O1. The molecule has 0 fully saturated rings. The number of nitrogens with one attached hydrogen (secondary N) is 1. The van der Waals surface area contributed by atoms with Gasteiger partial charge < -0.3 is 34.5 Å². The molecule has 0 spiro atoms. The Morgan fingerprint density at radius 2 is 1.87 bits per heavy atom. The molecule has 1 atom stereocenters. The van der Waals surface area contributed by atoms with Gasteiger partial charge in [0.25, 0.3) is 0 Å². The monoisotopic (exact) mass is 521 g/mol. The van der Waals surface area contributed by atoms with Gasteiger partial charge in [-0.2, -0.15) is 0 Å². The van der Waals surface area contributed by atoms with Gasteiger partial charge in [-0.05, 0) is 66.1 Å². The third-order valence-electron chi connectivity index (χ3n) is 6.19. The summed E-state index contributed by atoms with van der Waals surface area (Å²) in [5.41, 5.74) is 4.01. The zero-order chi connectivity index (χ0) is 27.0. The normalized spacial score (nSPS) is 14.8. The number of aliphatic hydroxyl groups is 1. The molecular formula is C30H35NO7. The molecule has 0 radical (unpaired) electrons. The number of hydrogen-bond donors (Lipinski definition) is 3. The molecule has 0 amide bonds. The third-order valence-corrected chi connectivity index (χ3v) is 6.19. The van der Waals surface area contributed by atoms with Crippen LogP contribution in [0, 0.1) is 0 Å². The minimum absolute atomic E-state index is 0.249. The molecule has 3 aromatic rings. The number of fused-ring (bicyclic) bond motifs is 1. The molecule has 0 saturated carbocycles. The van der Waals surface area contributed by atoms with Crippen LogP contribution in [-0.2, 0) is 29.1 Å². The largest absolute Gasteiger partial charge is 0.491 e. The van der Waals surface area contributed by atoms with E-state index < -0.39 is 17.9 Å². The van der Waals surface area contributed by atoms with Crippen molar-refractivity contribution in [2.24, 2.45) is 0 Å². The molecule has 3 aromatic carbocycles. The van der Waals surface area contributed by atoms with Gasteiger partial charge in [0, 0.05) is 26.0 Å². The van der Waals surface area contributed by atoms with E-state index in [9.17, 15) is 9.90 Å². The summed E-state index contributed by atoms with van der Waals surface area (Å²) in [7, 11) is 0. The number of carbonyl (C=O) groups is 1. The lowest BCUT2D eigenvalue weighted by atomic mass is 10.0. The van der Waals surface area contributed by atoms with E-state index in [2.05, 4.69) is 5.32 Å². The Kier molecular flexibility index (Phi) is 9.36. The van der Waals surface area contributed by atoms with Crippen LogP contribution in [0.2, 0.25) is 0 Å². The minimum atomic E-state index is -0.951. The first-order valence-electron chi connectivity index (χ1n) is 12.8. The number of hydrogen-bond acceptors (Lipinski definition) is 7. The highest BCUT2D eigenvalue weighted by Crippen LogP contribution is 2.32. The number of rotatable bonds is 13. The Hall–Kier alpha value is -3.43. The summed E-state index contributed by atoms with van der Waals surface area (Å²) in [6.45, 7) is 6.55. The number of carboxylic acids is 1. The molecule has 1 aliphatic heterocycles. The third kappa shape index (κ3) is 8.03. The smallest absolute Gasteiger partial charge is 0.335 e. The van der Waals surface area contributed by atoms with E-state index in [4.69, 9.17) is 24.1 Å². The van der Waals surface area contributed by atoms with Crippen LogP contribution in [0.5, 0.6) is 11.5 Å². The molecule has 1 aliphatic rings. The van der Waals surface area contributed by atoms with Crippen molar-refractivity contribution < 1.29 is 34.0 Å². The van der Waals surface area contributed by atoms with Gasteiger partial charge in [0.15, 0.2) is 0 Å². The summed E-state index contributed by atoms with van der Waals surface area (Å²) < 4.78 is 22.8. The standard InChI is InChI=1S/C30H35NO7/c1-30(2)37-20-25-17-23(8-11-28(25)38-30)27(32)18-31-13-12-21-6-9-26(10-7-21)36-15-14-35-19-22-4-3-5-24(16-22)29(33)34/h3-11,16-17,27,31-32H,12-15,18-20H2,1-2H3,(H,33,34)/t27-/m0/s1. The van der Waals surface area contributed by atoms with Gasteiger partial charge in [-0.1, -0.05) is 30.3 Å². The van der Waals surface area contributed by atoms with Gasteiger partial charge in [0.2, 0.25) is 5.79 Å². The zero-order valence-electron chi connectivity index (χ0n) is 21.8. The van der Waals surface area contributed by atoms with E-state index >= 15 is 0 Å². The van der Waals surface area contributed by atoms with Crippen molar-refractivity contribution in [3.8, 4) is 11.5 Å². The Morgan fingerprint density at radius 1 is 1.05 bits per heavy atom. The van der Waals surface area contributed by atoms with Gasteiger partial charge >= 0.3 is 5.97 Å². The highest BCUT2D eigenvalue weighted by molar-refractivity contribution is 5.87. The minimum Gasteiger partial charge on any atom is -0.491 e. The molecule has 8 heteroatoms. The number of ether oxygens (including phenoxy) is 4. The van der Waals surface area contributed by atoms with E-state index in [1.807, 2.05) is 62.4 Å². The Morgan fingerprint density at radius 3 is 2.66 bits per heavy atom. The van der Waals surface area contributed by atoms with Gasteiger partial charge in [-0.25, -0.2) is 4.79 Å². The highest BCUT2D eigenvalue weighted by Gasteiger charge is 2.27. The summed E-state index contributed by atoms with van der Waals surface area (Å²) in [6.07, 6.45) is 0.210. The number of aliphatic hydroxyl groups excluding tert-OH is 1. The van der Waals surface area contributed by atoms with Crippen LogP contribution in [-0.4, -0.2) is 48.3 Å². The average molecular weight is 522 g/mol. The second kappa shape index (κ2) is 12.9. The zero-order valence-corrected chi connectivity index (χ0v) is 21.8. The Bertz CT molecular complexity index is 1210. The van der Waals surface area contributed by atoms with Crippen LogP contribution in [0.3, 0.4) is 0 Å². The van der Waals surface area contributed by atoms with Crippen molar-refractivity contribution in [3.05, 3.63) is 94.5 Å². The van der Waals surface area contributed by atoms with Crippen LogP contribution in [0.4, 0.5) is 0 Å². The predicted octanol–water partition coefficient (Wildman–Crippen LogP) is 4.49. The maximum Gasteiger partial charge on any atom is 0.335 e. The lowest BCUT2D eigenvalue weighted by Gasteiger charge is -2.33. The fourth-order valence-electron chi connectivity index (χ4n) is 4.11. The molecular weight excluding hydrogens is 486 g/mol. The molecule has 0 bridgehead atoms. The van der Waals surface area contributed by atoms with Gasteiger partial charge in [-0.3, -0.25) is 0 Å². The number of carboxylic acid groups (broad SMARTS) is 1. The number of benzene rings is 3. The van der Waals surface area contributed by atoms with Gasteiger partial charge in [-0.15, -0.1) is 0 Å². The molecule has 0 saturated heterocycles. The fourth-order valence-corrected chi connectivity index (χ4v) is 4.11. The van der Waals surface area contributed by atoms with Gasteiger partial charge in [0.05, 0.1) is 31.5 Å². The summed E-state index contributed by atoms with van der Waals surface area (Å²) in [6, 6.07) is 20.3. The van der Waals surface area contributed by atoms with Crippen LogP contribution in [0.1, 0.15) is 52.6 Å². The number of aromatic carboxylic acids is 1. The molecule has 0 unspecified atom stereocenters. The molecule has 1 heterocycles. The van der Waals surface area contributed by atoms with E-state index in [1.54, 1.807) is 18.2 Å². The lowest BCUT2D eigenvalue weighted by molar-refractivity contribution is -0.180. The van der Waals surface area contributed by atoms with Gasteiger partial charge in [0.1, 0.15) is 18.1 Å². The lowest BCUT2D eigenvalue weighted by Crippen LogP contribution is -2.35.